The molecule has 0 spiro atoms. The Morgan fingerprint density at radius 2 is 2.19 bits per heavy atom. The van der Waals surface area contributed by atoms with E-state index < -0.39 is 5.91 Å². The van der Waals surface area contributed by atoms with Crippen molar-refractivity contribution < 1.29 is 4.79 Å². The van der Waals surface area contributed by atoms with Gasteiger partial charge in [-0.1, -0.05) is 0 Å². The Balaban J connectivity index is 2.43. The van der Waals surface area contributed by atoms with Crippen molar-refractivity contribution in [2.24, 2.45) is 5.73 Å². The third kappa shape index (κ3) is 2.00. The molecule has 0 unspecified atom stereocenters. The van der Waals surface area contributed by atoms with E-state index in [1.165, 1.54) is 6.33 Å². The molecule has 6 nitrogen and oxygen atoms in total. The molecule has 0 aliphatic rings. The number of carbonyl (C=O) groups excluding carboxylic acids is 1. The van der Waals surface area contributed by atoms with E-state index >= 15 is 0 Å². The van der Waals surface area contributed by atoms with Crippen LogP contribution in [0, 0.1) is 0 Å². The van der Waals surface area contributed by atoms with Gasteiger partial charge in [0.2, 0.25) is 5.91 Å². The second kappa shape index (κ2) is 4.01. The number of amides is 1. The summed E-state index contributed by atoms with van der Waals surface area (Å²) in [6.45, 7) is 0.0287. The molecule has 16 heavy (non-hydrogen) atoms. The molecule has 2 rings (SSSR count). The standard InChI is InChI=1S/C10H11N5O/c11-6-1-2-8-7(3-6)10(15-5-14-8)13-4-9(12)16/h1-3,5H,4,11H2,(H2,12,16)(H,13,14,15). The van der Waals surface area contributed by atoms with Crippen molar-refractivity contribution in [2.75, 3.05) is 17.6 Å². The summed E-state index contributed by atoms with van der Waals surface area (Å²) in [4.78, 5) is 18.8. The van der Waals surface area contributed by atoms with E-state index in [1.807, 2.05) is 0 Å². The van der Waals surface area contributed by atoms with Gasteiger partial charge in [0.25, 0.3) is 0 Å². The van der Waals surface area contributed by atoms with Gasteiger partial charge in [-0.2, -0.15) is 0 Å². The fraction of sp³-hybridized carbons (Fsp3) is 0.100. The monoisotopic (exact) mass is 217 g/mol. The molecule has 0 aliphatic carbocycles. The maximum absolute atomic E-state index is 10.7. The first-order valence-electron chi connectivity index (χ1n) is 4.69. The molecular formula is C10H11N5O. The molecule has 6 heteroatoms. The van der Waals surface area contributed by atoms with Gasteiger partial charge >= 0.3 is 0 Å². The fourth-order valence-electron chi connectivity index (χ4n) is 1.39. The first-order chi connectivity index (χ1) is 7.66. The molecule has 5 N–H and O–H groups in total. The largest absolute Gasteiger partial charge is 0.399 e. The Morgan fingerprint density at radius 3 is 2.94 bits per heavy atom. The number of anilines is 2. The second-order valence-corrected chi connectivity index (χ2v) is 3.32. The summed E-state index contributed by atoms with van der Waals surface area (Å²) in [7, 11) is 0. The zero-order valence-electron chi connectivity index (χ0n) is 8.47. The summed E-state index contributed by atoms with van der Waals surface area (Å²) >= 11 is 0. The lowest BCUT2D eigenvalue weighted by atomic mass is 10.2. The van der Waals surface area contributed by atoms with E-state index in [0.29, 0.717) is 11.5 Å². The number of hydrogen-bond donors (Lipinski definition) is 3. The summed E-state index contributed by atoms with van der Waals surface area (Å²) in [5.41, 5.74) is 12.1. The maximum atomic E-state index is 10.7. The van der Waals surface area contributed by atoms with Crippen LogP contribution in [-0.2, 0) is 4.79 Å². The molecule has 0 fully saturated rings. The number of rotatable bonds is 3. The van der Waals surface area contributed by atoms with Crippen LogP contribution in [0.25, 0.3) is 10.9 Å². The highest BCUT2D eigenvalue weighted by Gasteiger charge is 2.04. The fourth-order valence-corrected chi connectivity index (χ4v) is 1.39. The molecule has 0 aliphatic heterocycles. The van der Waals surface area contributed by atoms with Gasteiger partial charge < -0.3 is 16.8 Å². The van der Waals surface area contributed by atoms with E-state index in [2.05, 4.69) is 15.3 Å². The maximum Gasteiger partial charge on any atom is 0.236 e. The van der Waals surface area contributed by atoms with Crippen molar-refractivity contribution in [3.05, 3.63) is 24.5 Å². The average Bonchev–Trinajstić information content (AvgIpc) is 2.26. The second-order valence-electron chi connectivity index (χ2n) is 3.32. The highest BCUT2D eigenvalue weighted by atomic mass is 16.1. The molecule has 1 amide bonds. The lowest BCUT2D eigenvalue weighted by molar-refractivity contribution is -0.116. The Labute approximate surface area is 91.7 Å². The first kappa shape index (κ1) is 10.2. The predicted molar refractivity (Wildman–Crippen MR) is 61.6 cm³/mol. The van der Waals surface area contributed by atoms with Crippen molar-refractivity contribution in [3.8, 4) is 0 Å². The van der Waals surface area contributed by atoms with E-state index in [1.54, 1.807) is 18.2 Å². The molecule has 0 saturated heterocycles. The van der Waals surface area contributed by atoms with Gasteiger partial charge in [0.1, 0.15) is 12.1 Å². The van der Waals surface area contributed by atoms with Crippen LogP contribution in [0.15, 0.2) is 24.5 Å². The number of nitrogens with one attached hydrogen (secondary N) is 1. The van der Waals surface area contributed by atoms with Crippen LogP contribution in [0.3, 0.4) is 0 Å². The Hall–Kier alpha value is -2.37. The van der Waals surface area contributed by atoms with E-state index in [9.17, 15) is 4.79 Å². The van der Waals surface area contributed by atoms with Crippen molar-refractivity contribution >= 4 is 28.3 Å². The van der Waals surface area contributed by atoms with Crippen LogP contribution >= 0.6 is 0 Å². The minimum absolute atomic E-state index is 0.0287. The number of primary amides is 1. The number of fused-ring (bicyclic) bond motifs is 1. The number of benzene rings is 1. The van der Waals surface area contributed by atoms with Gasteiger partial charge in [0.05, 0.1) is 12.1 Å². The Bertz CT molecular complexity index is 540. The normalized spacial score (nSPS) is 10.2. The van der Waals surface area contributed by atoms with Crippen molar-refractivity contribution in [1.82, 2.24) is 9.97 Å². The first-order valence-corrected chi connectivity index (χ1v) is 4.69. The van der Waals surface area contributed by atoms with Crippen LogP contribution in [0.1, 0.15) is 0 Å². The highest BCUT2D eigenvalue weighted by Crippen LogP contribution is 2.21. The van der Waals surface area contributed by atoms with Crippen LogP contribution in [0.4, 0.5) is 11.5 Å². The van der Waals surface area contributed by atoms with E-state index in [4.69, 9.17) is 11.5 Å². The van der Waals surface area contributed by atoms with Crippen molar-refractivity contribution in [3.63, 3.8) is 0 Å². The molecule has 1 aromatic heterocycles. The predicted octanol–water partition coefficient (Wildman–Crippen LogP) is 0.109. The average molecular weight is 217 g/mol. The summed E-state index contributed by atoms with van der Waals surface area (Å²) in [5, 5.41) is 3.60. The molecule has 82 valence electrons. The van der Waals surface area contributed by atoms with Gasteiger partial charge in [0.15, 0.2) is 0 Å². The van der Waals surface area contributed by atoms with Crippen LogP contribution in [-0.4, -0.2) is 22.4 Å². The van der Waals surface area contributed by atoms with Gasteiger partial charge in [0, 0.05) is 11.1 Å². The third-order valence-electron chi connectivity index (χ3n) is 2.09. The van der Waals surface area contributed by atoms with Gasteiger partial charge in [-0.05, 0) is 18.2 Å². The van der Waals surface area contributed by atoms with E-state index in [-0.39, 0.29) is 6.54 Å². The molecule has 1 heterocycles. The summed E-state index contributed by atoms with van der Waals surface area (Å²) in [6.07, 6.45) is 1.42. The topological polar surface area (TPSA) is 107 Å². The van der Waals surface area contributed by atoms with Crippen LogP contribution in [0.2, 0.25) is 0 Å². The SMILES string of the molecule is NC(=O)CNc1ncnc2ccc(N)cc12. The smallest absolute Gasteiger partial charge is 0.236 e. The molecule has 0 saturated carbocycles. The number of carbonyl (C=O) groups is 1. The number of nitrogens with two attached hydrogens (primary N) is 2. The van der Waals surface area contributed by atoms with Gasteiger partial charge in [-0.15, -0.1) is 0 Å². The molecule has 2 aromatic rings. The highest BCUT2D eigenvalue weighted by molar-refractivity contribution is 5.92. The van der Waals surface area contributed by atoms with Gasteiger partial charge in [-0.3, -0.25) is 4.79 Å². The van der Waals surface area contributed by atoms with Gasteiger partial charge in [-0.25, -0.2) is 9.97 Å². The molecule has 0 radical (unpaired) electrons. The third-order valence-corrected chi connectivity index (χ3v) is 2.09. The molecule has 1 aromatic carbocycles. The minimum Gasteiger partial charge on any atom is -0.399 e. The lowest BCUT2D eigenvalue weighted by Gasteiger charge is -2.06. The Kier molecular flexibility index (Phi) is 2.55. The minimum atomic E-state index is -0.448. The van der Waals surface area contributed by atoms with E-state index in [0.717, 1.165) is 10.9 Å². The zero-order chi connectivity index (χ0) is 11.5. The number of aromatic nitrogens is 2. The number of nitrogens with zero attached hydrogens (tertiary/aromatic N) is 2. The molecule has 0 bridgehead atoms. The van der Waals surface area contributed by atoms with Crippen LogP contribution < -0.4 is 16.8 Å². The number of nitrogen functional groups attached to an aromatic ring is 1. The zero-order valence-corrected chi connectivity index (χ0v) is 8.47. The quantitative estimate of drug-likeness (QED) is 0.632. The lowest BCUT2D eigenvalue weighted by Crippen LogP contribution is -2.22. The summed E-state index contributed by atoms with van der Waals surface area (Å²) in [6, 6.07) is 5.30. The van der Waals surface area contributed by atoms with Crippen molar-refractivity contribution in [2.45, 2.75) is 0 Å². The molecular weight excluding hydrogens is 206 g/mol. The summed E-state index contributed by atoms with van der Waals surface area (Å²) in [5.74, 6) is 0.103. The molecule has 0 atom stereocenters. The summed E-state index contributed by atoms with van der Waals surface area (Å²) < 4.78 is 0. The Morgan fingerprint density at radius 1 is 1.38 bits per heavy atom. The van der Waals surface area contributed by atoms with Crippen LogP contribution in [0.5, 0.6) is 0 Å². The number of hydrogen-bond acceptors (Lipinski definition) is 5. The van der Waals surface area contributed by atoms with Crippen molar-refractivity contribution in [1.29, 1.82) is 0 Å².